The second-order valence-electron chi connectivity index (χ2n) is 9.08. The molecule has 36 heavy (non-hydrogen) atoms. The van der Waals surface area contributed by atoms with Crippen molar-refractivity contribution in [2.24, 2.45) is 0 Å². The lowest BCUT2D eigenvalue weighted by Crippen LogP contribution is -2.44. The van der Waals surface area contributed by atoms with E-state index in [1.165, 1.54) is 0 Å². The highest BCUT2D eigenvalue weighted by atomic mass is 16.6. The maximum absolute atomic E-state index is 13.5. The van der Waals surface area contributed by atoms with Crippen LogP contribution in [-0.4, -0.2) is 35.0 Å². The Kier molecular flexibility index (Phi) is 8.13. The van der Waals surface area contributed by atoms with Crippen LogP contribution >= 0.6 is 0 Å². The van der Waals surface area contributed by atoms with Crippen molar-refractivity contribution in [2.75, 3.05) is 11.9 Å². The van der Waals surface area contributed by atoms with E-state index in [1.54, 1.807) is 51.1 Å². The fourth-order valence-electron chi connectivity index (χ4n) is 3.59. The van der Waals surface area contributed by atoms with Gasteiger partial charge < -0.3 is 15.4 Å². The van der Waals surface area contributed by atoms with E-state index in [0.717, 1.165) is 21.2 Å². The first-order valence-corrected chi connectivity index (χ1v) is 11.4. The summed E-state index contributed by atoms with van der Waals surface area (Å²) in [5.41, 5.74) is 1.08. The standard InChI is InChI=1S/C29H29N3O4/c1-6-20-11-10-14-23(17-20)26(32(7-2)25(33)19-30-28(35)36-29(3,4)5)27(34)31-24-16-15-21-12-8-9-13-22(21)18-24/h2,6,8-18,26H,1,19H2,3-5H3,(H,30,35)(H,31,34). The second-order valence-corrected chi connectivity index (χ2v) is 9.08. The van der Waals surface area contributed by atoms with Gasteiger partial charge in [0.2, 0.25) is 0 Å². The molecule has 3 aromatic carbocycles. The van der Waals surface area contributed by atoms with Crippen molar-refractivity contribution < 1.29 is 19.1 Å². The van der Waals surface area contributed by atoms with E-state index in [2.05, 4.69) is 23.3 Å². The number of rotatable bonds is 7. The molecular formula is C29H29N3O4. The fraction of sp³-hybridized carbons (Fsp3) is 0.207. The molecule has 0 radical (unpaired) electrons. The third-order valence-corrected chi connectivity index (χ3v) is 5.18. The van der Waals surface area contributed by atoms with Crippen LogP contribution in [0.1, 0.15) is 37.9 Å². The number of benzene rings is 3. The number of nitrogens with zero attached hydrogens (tertiary/aromatic N) is 1. The van der Waals surface area contributed by atoms with Crippen molar-refractivity contribution in [3.63, 3.8) is 0 Å². The number of hydrogen-bond acceptors (Lipinski definition) is 4. The van der Waals surface area contributed by atoms with Crippen molar-refractivity contribution in [1.82, 2.24) is 10.2 Å². The molecule has 0 saturated heterocycles. The summed E-state index contributed by atoms with van der Waals surface area (Å²) in [6, 6.07) is 21.4. The maximum Gasteiger partial charge on any atom is 0.408 e. The summed E-state index contributed by atoms with van der Waals surface area (Å²) in [6.45, 7) is 8.45. The zero-order valence-corrected chi connectivity index (χ0v) is 20.6. The first kappa shape index (κ1) is 26.0. The number of amides is 3. The van der Waals surface area contributed by atoms with Crippen molar-refractivity contribution in [1.29, 1.82) is 0 Å². The molecule has 3 aromatic rings. The zero-order chi connectivity index (χ0) is 26.3. The lowest BCUT2D eigenvalue weighted by Gasteiger charge is -2.27. The van der Waals surface area contributed by atoms with E-state index in [1.807, 2.05) is 42.5 Å². The van der Waals surface area contributed by atoms with Crippen LogP contribution in [0.25, 0.3) is 16.8 Å². The predicted octanol–water partition coefficient (Wildman–Crippen LogP) is 5.11. The highest BCUT2D eigenvalue weighted by Crippen LogP contribution is 2.26. The SMILES string of the molecule is C#CN(C(=O)CNC(=O)OC(C)(C)C)C(C(=O)Nc1ccc2ccccc2c1)c1cccc(C=C)c1. The highest BCUT2D eigenvalue weighted by molar-refractivity contribution is 6.00. The zero-order valence-electron chi connectivity index (χ0n) is 20.6. The Morgan fingerprint density at radius 2 is 1.78 bits per heavy atom. The Morgan fingerprint density at radius 3 is 2.44 bits per heavy atom. The molecule has 0 aliphatic heterocycles. The van der Waals surface area contributed by atoms with Crippen molar-refractivity contribution in [3.05, 3.63) is 84.4 Å². The van der Waals surface area contributed by atoms with Gasteiger partial charge in [0.1, 0.15) is 18.2 Å². The molecule has 0 fully saturated rings. The molecule has 7 heteroatoms. The number of ether oxygens (including phenoxy) is 1. The van der Waals surface area contributed by atoms with E-state index in [4.69, 9.17) is 11.2 Å². The molecule has 2 N–H and O–H groups in total. The molecule has 0 bridgehead atoms. The number of carbonyl (C=O) groups excluding carboxylic acids is 3. The Labute approximate surface area is 211 Å². The molecule has 0 aromatic heterocycles. The normalized spacial score (nSPS) is 11.6. The average Bonchev–Trinajstić information content (AvgIpc) is 2.84. The first-order valence-electron chi connectivity index (χ1n) is 11.4. The third-order valence-electron chi connectivity index (χ3n) is 5.18. The van der Waals surface area contributed by atoms with Gasteiger partial charge in [0.25, 0.3) is 11.8 Å². The van der Waals surface area contributed by atoms with Gasteiger partial charge in [-0.1, -0.05) is 67.6 Å². The quantitative estimate of drug-likeness (QED) is 0.361. The number of nitrogens with one attached hydrogen (secondary N) is 2. The molecule has 3 amide bonds. The summed E-state index contributed by atoms with van der Waals surface area (Å²) in [6.07, 6.45) is 6.57. The van der Waals surface area contributed by atoms with Crippen LogP contribution in [0.4, 0.5) is 10.5 Å². The summed E-state index contributed by atoms with van der Waals surface area (Å²) in [7, 11) is 0. The Bertz CT molecular complexity index is 1330. The smallest absolute Gasteiger partial charge is 0.408 e. The Morgan fingerprint density at radius 1 is 1.06 bits per heavy atom. The summed E-state index contributed by atoms with van der Waals surface area (Å²) in [4.78, 5) is 39.6. The average molecular weight is 484 g/mol. The number of anilines is 1. The number of alkyl carbamates (subject to hydrolysis) is 1. The van der Waals surface area contributed by atoms with Crippen LogP contribution in [0.3, 0.4) is 0 Å². The van der Waals surface area contributed by atoms with Crippen LogP contribution in [0, 0.1) is 12.5 Å². The van der Waals surface area contributed by atoms with Gasteiger partial charge in [-0.05, 0) is 60.9 Å². The van der Waals surface area contributed by atoms with Crippen LogP contribution in [0.5, 0.6) is 0 Å². The molecule has 3 rings (SSSR count). The lowest BCUT2D eigenvalue weighted by molar-refractivity contribution is -0.134. The first-order chi connectivity index (χ1) is 17.1. The molecule has 184 valence electrons. The third kappa shape index (κ3) is 6.73. The summed E-state index contributed by atoms with van der Waals surface area (Å²) in [5, 5.41) is 7.24. The molecular weight excluding hydrogens is 454 g/mol. The topological polar surface area (TPSA) is 87.7 Å². The Hall–Kier alpha value is -4.57. The van der Waals surface area contributed by atoms with Crippen molar-refractivity contribution in [2.45, 2.75) is 32.4 Å². The highest BCUT2D eigenvalue weighted by Gasteiger charge is 2.31. The van der Waals surface area contributed by atoms with Gasteiger partial charge in [0.15, 0.2) is 0 Å². The van der Waals surface area contributed by atoms with Gasteiger partial charge in [0.05, 0.1) is 0 Å². The van der Waals surface area contributed by atoms with E-state index in [-0.39, 0.29) is 0 Å². The van der Waals surface area contributed by atoms with Gasteiger partial charge in [-0.3, -0.25) is 14.5 Å². The Balaban J connectivity index is 1.89. The van der Waals surface area contributed by atoms with Crippen LogP contribution in [-0.2, 0) is 14.3 Å². The number of fused-ring (bicyclic) bond motifs is 1. The van der Waals surface area contributed by atoms with Gasteiger partial charge in [-0.15, -0.1) is 0 Å². The molecule has 0 saturated carbocycles. The molecule has 7 nitrogen and oxygen atoms in total. The molecule has 0 heterocycles. The number of carbonyl (C=O) groups is 3. The van der Waals surface area contributed by atoms with E-state index < -0.39 is 36.1 Å². The van der Waals surface area contributed by atoms with Gasteiger partial charge in [0, 0.05) is 11.7 Å². The van der Waals surface area contributed by atoms with Crippen molar-refractivity contribution in [3.8, 4) is 12.5 Å². The monoisotopic (exact) mass is 483 g/mol. The van der Waals surface area contributed by atoms with Gasteiger partial charge >= 0.3 is 6.09 Å². The molecule has 0 spiro atoms. The van der Waals surface area contributed by atoms with E-state index >= 15 is 0 Å². The largest absolute Gasteiger partial charge is 0.444 e. The minimum atomic E-state index is -1.16. The summed E-state index contributed by atoms with van der Waals surface area (Å²) >= 11 is 0. The van der Waals surface area contributed by atoms with E-state index in [9.17, 15) is 14.4 Å². The van der Waals surface area contributed by atoms with Gasteiger partial charge in [-0.25, -0.2) is 4.79 Å². The van der Waals surface area contributed by atoms with Gasteiger partial charge in [-0.2, -0.15) is 0 Å². The maximum atomic E-state index is 13.5. The minimum absolute atomic E-state index is 0.444. The van der Waals surface area contributed by atoms with Crippen molar-refractivity contribution >= 4 is 40.4 Å². The molecule has 0 aliphatic carbocycles. The van der Waals surface area contributed by atoms with Crippen LogP contribution in [0.2, 0.25) is 0 Å². The lowest BCUT2D eigenvalue weighted by atomic mass is 10.0. The summed E-state index contributed by atoms with van der Waals surface area (Å²) < 4.78 is 5.18. The summed E-state index contributed by atoms with van der Waals surface area (Å²) in [5.74, 6) is -1.15. The fourth-order valence-corrected chi connectivity index (χ4v) is 3.59. The minimum Gasteiger partial charge on any atom is -0.444 e. The van der Waals surface area contributed by atoms with Crippen LogP contribution in [0.15, 0.2) is 73.3 Å². The molecule has 1 unspecified atom stereocenters. The number of terminal acetylenes is 1. The molecule has 0 aliphatic rings. The van der Waals surface area contributed by atoms with Crippen LogP contribution < -0.4 is 10.6 Å². The predicted molar refractivity (Wildman–Crippen MR) is 142 cm³/mol. The van der Waals surface area contributed by atoms with E-state index in [0.29, 0.717) is 11.3 Å². The molecule has 1 atom stereocenters. The number of hydrogen-bond donors (Lipinski definition) is 2. The second kappa shape index (κ2) is 11.2.